The van der Waals surface area contributed by atoms with E-state index in [0.29, 0.717) is 12.1 Å². The third kappa shape index (κ3) is 4.56. The van der Waals surface area contributed by atoms with Crippen molar-refractivity contribution in [1.82, 2.24) is 0 Å². The van der Waals surface area contributed by atoms with Crippen LogP contribution in [0.4, 0.5) is 4.39 Å². The molecule has 0 radical (unpaired) electrons. The summed E-state index contributed by atoms with van der Waals surface area (Å²) in [5.41, 5.74) is 0. The van der Waals surface area contributed by atoms with Gasteiger partial charge >= 0.3 is 0 Å². The number of hydrogen-bond acceptors (Lipinski definition) is 1. The highest BCUT2D eigenvalue weighted by molar-refractivity contribution is 7.57. The van der Waals surface area contributed by atoms with Gasteiger partial charge in [0.25, 0.3) is 0 Å². The quantitative estimate of drug-likeness (QED) is 0.725. The lowest BCUT2D eigenvalue weighted by molar-refractivity contribution is 0.370. The van der Waals surface area contributed by atoms with E-state index >= 15 is 0 Å². The molecule has 1 fully saturated rings. The lowest BCUT2D eigenvalue weighted by Gasteiger charge is -2.23. The van der Waals surface area contributed by atoms with Gasteiger partial charge in [-0.15, -0.1) is 0 Å². The summed E-state index contributed by atoms with van der Waals surface area (Å²) in [6.07, 6.45) is 6.63. The van der Waals surface area contributed by atoms with Crippen LogP contribution in [0, 0.1) is 5.92 Å². The van der Waals surface area contributed by atoms with Gasteiger partial charge in [-0.05, 0) is 25.2 Å². The molecule has 0 bridgehead atoms. The fraction of sp³-hybridized carbons (Fsp3) is 1.00. The maximum absolute atomic E-state index is 11.9. The Morgan fingerprint density at radius 2 is 1.93 bits per heavy atom. The first-order valence-electron chi connectivity index (χ1n) is 5.51. The molecular formula is C10H20FO2P. The van der Waals surface area contributed by atoms with E-state index in [-0.39, 0.29) is 12.6 Å². The van der Waals surface area contributed by atoms with Crippen LogP contribution in [0.3, 0.4) is 0 Å². The molecule has 0 heterocycles. The number of hydrogen-bond donors (Lipinski definition) is 1. The molecule has 0 aliphatic heterocycles. The SMILES string of the molecule is O=P(O)(CCCF)CC1CCCCC1. The molecule has 0 amide bonds. The molecule has 0 spiro atoms. The fourth-order valence-corrected chi connectivity index (χ4v) is 4.14. The van der Waals surface area contributed by atoms with E-state index in [2.05, 4.69) is 0 Å². The lowest BCUT2D eigenvalue weighted by Crippen LogP contribution is -2.12. The van der Waals surface area contributed by atoms with E-state index in [4.69, 9.17) is 0 Å². The van der Waals surface area contributed by atoms with Crippen LogP contribution in [0.25, 0.3) is 0 Å². The second-order valence-corrected chi connectivity index (χ2v) is 6.80. The summed E-state index contributed by atoms with van der Waals surface area (Å²) in [5, 5.41) is 0. The maximum atomic E-state index is 11.9. The van der Waals surface area contributed by atoms with Crippen molar-refractivity contribution in [2.24, 2.45) is 5.92 Å². The summed E-state index contributed by atoms with van der Waals surface area (Å²) in [7, 11) is -3.02. The third-order valence-corrected chi connectivity index (χ3v) is 5.01. The summed E-state index contributed by atoms with van der Waals surface area (Å²) >= 11 is 0. The Hall–Kier alpha value is 0.120. The van der Waals surface area contributed by atoms with E-state index in [1.54, 1.807) is 0 Å². The van der Waals surface area contributed by atoms with Crippen molar-refractivity contribution in [3.63, 3.8) is 0 Å². The summed E-state index contributed by atoms with van der Waals surface area (Å²) in [6, 6.07) is 0. The largest absolute Gasteiger partial charge is 0.344 e. The number of rotatable bonds is 5. The van der Waals surface area contributed by atoms with Crippen LogP contribution in [0.1, 0.15) is 38.5 Å². The van der Waals surface area contributed by atoms with Crippen LogP contribution in [0.2, 0.25) is 0 Å². The summed E-state index contributed by atoms with van der Waals surface area (Å²) in [5.74, 6) is 0.416. The maximum Gasteiger partial charge on any atom is 0.201 e. The fourth-order valence-electron chi connectivity index (χ4n) is 2.17. The Balaban J connectivity index is 2.29. The van der Waals surface area contributed by atoms with Crippen molar-refractivity contribution < 1.29 is 13.8 Å². The van der Waals surface area contributed by atoms with E-state index in [1.807, 2.05) is 0 Å². The van der Waals surface area contributed by atoms with Crippen LogP contribution in [-0.2, 0) is 4.57 Å². The normalized spacial score (nSPS) is 23.3. The molecule has 0 aromatic heterocycles. The Morgan fingerprint density at radius 3 is 2.50 bits per heavy atom. The van der Waals surface area contributed by atoms with Gasteiger partial charge < -0.3 is 4.89 Å². The van der Waals surface area contributed by atoms with Gasteiger partial charge in [0.05, 0.1) is 6.67 Å². The first-order chi connectivity index (χ1) is 6.64. The van der Waals surface area contributed by atoms with Crippen molar-refractivity contribution in [3.05, 3.63) is 0 Å². The second-order valence-electron chi connectivity index (χ2n) is 4.30. The van der Waals surface area contributed by atoms with Gasteiger partial charge in [-0.25, -0.2) is 0 Å². The van der Waals surface area contributed by atoms with Crippen molar-refractivity contribution in [2.75, 3.05) is 19.0 Å². The highest BCUT2D eigenvalue weighted by Gasteiger charge is 2.24. The van der Waals surface area contributed by atoms with Crippen molar-refractivity contribution in [1.29, 1.82) is 0 Å². The van der Waals surface area contributed by atoms with Gasteiger partial charge in [-0.2, -0.15) is 0 Å². The summed E-state index contributed by atoms with van der Waals surface area (Å²) < 4.78 is 23.5. The third-order valence-electron chi connectivity index (χ3n) is 2.91. The summed E-state index contributed by atoms with van der Waals surface area (Å²) in [6.45, 7) is -0.477. The molecule has 2 nitrogen and oxygen atoms in total. The highest BCUT2D eigenvalue weighted by Crippen LogP contribution is 2.45. The second kappa shape index (κ2) is 5.87. The topological polar surface area (TPSA) is 37.3 Å². The average molecular weight is 222 g/mol. The molecule has 0 saturated heterocycles. The van der Waals surface area contributed by atoms with Crippen LogP contribution in [0.5, 0.6) is 0 Å². The van der Waals surface area contributed by atoms with Gasteiger partial charge in [-0.3, -0.25) is 8.96 Å². The van der Waals surface area contributed by atoms with Crippen molar-refractivity contribution in [3.8, 4) is 0 Å². The van der Waals surface area contributed by atoms with Crippen molar-refractivity contribution >= 4 is 7.37 Å². The van der Waals surface area contributed by atoms with Crippen LogP contribution in [0.15, 0.2) is 0 Å². The summed E-state index contributed by atoms with van der Waals surface area (Å²) in [4.78, 5) is 9.59. The molecule has 4 heteroatoms. The molecule has 84 valence electrons. The first kappa shape index (κ1) is 12.2. The minimum absolute atomic E-state index is 0.167. The van der Waals surface area contributed by atoms with E-state index < -0.39 is 14.0 Å². The first-order valence-corrected chi connectivity index (χ1v) is 7.54. The molecule has 0 aromatic rings. The van der Waals surface area contributed by atoms with Crippen molar-refractivity contribution in [2.45, 2.75) is 38.5 Å². The Kier molecular flexibility index (Phi) is 5.11. The van der Waals surface area contributed by atoms with E-state index in [1.165, 1.54) is 19.3 Å². The average Bonchev–Trinajstić information content (AvgIpc) is 2.16. The molecule has 1 unspecified atom stereocenters. The van der Waals surface area contributed by atoms with Gasteiger partial charge in [0.15, 0.2) is 0 Å². The lowest BCUT2D eigenvalue weighted by atomic mass is 9.91. The molecule has 1 aliphatic rings. The molecule has 1 N–H and O–H groups in total. The zero-order valence-corrected chi connectivity index (χ0v) is 9.52. The monoisotopic (exact) mass is 222 g/mol. The van der Waals surface area contributed by atoms with E-state index in [9.17, 15) is 13.8 Å². The van der Waals surface area contributed by atoms with Gasteiger partial charge in [-0.1, -0.05) is 19.3 Å². The molecule has 1 saturated carbocycles. The number of halogens is 1. The predicted octanol–water partition coefficient (Wildman–Crippen LogP) is 3.20. The smallest absolute Gasteiger partial charge is 0.201 e. The van der Waals surface area contributed by atoms with Crippen LogP contribution < -0.4 is 0 Å². The Bertz CT molecular complexity index is 202. The van der Waals surface area contributed by atoms with Crippen LogP contribution in [-0.4, -0.2) is 23.9 Å². The van der Waals surface area contributed by atoms with Crippen LogP contribution >= 0.6 is 7.37 Å². The van der Waals surface area contributed by atoms with E-state index in [0.717, 1.165) is 12.8 Å². The standard InChI is InChI=1S/C10H20FO2P/c11-7-4-8-14(12,13)9-10-5-2-1-3-6-10/h10H,1-9H2,(H,12,13). The van der Waals surface area contributed by atoms with Gasteiger partial charge in [0, 0.05) is 12.3 Å². The Labute approximate surface area is 85.4 Å². The molecule has 1 atom stereocenters. The number of alkyl halides is 1. The van der Waals surface area contributed by atoms with Gasteiger partial charge in [0.2, 0.25) is 7.37 Å². The molecule has 0 aromatic carbocycles. The minimum atomic E-state index is -3.02. The zero-order valence-electron chi connectivity index (χ0n) is 8.62. The predicted molar refractivity (Wildman–Crippen MR) is 56.7 cm³/mol. The molecular weight excluding hydrogens is 202 g/mol. The molecule has 14 heavy (non-hydrogen) atoms. The Morgan fingerprint density at radius 1 is 1.29 bits per heavy atom. The zero-order chi connectivity index (χ0) is 10.4. The molecule has 1 rings (SSSR count). The minimum Gasteiger partial charge on any atom is -0.344 e. The molecule has 1 aliphatic carbocycles. The highest BCUT2D eigenvalue weighted by atomic mass is 31.2. The van der Waals surface area contributed by atoms with Gasteiger partial charge in [0.1, 0.15) is 0 Å².